The second kappa shape index (κ2) is 8.04. The summed E-state index contributed by atoms with van der Waals surface area (Å²) in [6, 6.07) is 16.5. The van der Waals surface area contributed by atoms with Crippen molar-refractivity contribution in [2.75, 3.05) is 12.4 Å². The Morgan fingerprint density at radius 3 is 2.15 bits per heavy atom. The maximum absolute atomic E-state index is 12.9. The molecule has 0 aliphatic heterocycles. The van der Waals surface area contributed by atoms with Gasteiger partial charge in [0.1, 0.15) is 0 Å². The third-order valence-electron chi connectivity index (χ3n) is 4.24. The van der Waals surface area contributed by atoms with Crippen molar-refractivity contribution < 1.29 is 14.3 Å². The van der Waals surface area contributed by atoms with E-state index in [0.29, 0.717) is 11.3 Å². The molecular weight excluding hydrogens is 328 g/mol. The highest BCUT2D eigenvalue weighted by Gasteiger charge is 2.30. The van der Waals surface area contributed by atoms with Crippen molar-refractivity contribution in [1.29, 1.82) is 0 Å². The Balaban J connectivity index is 2.26. The number of hydrogen-bond donors (Lipinski definition) is 1. The van der Waals surface area contributed by atoms with Gasteiger partial charge in [-0.15, -0.1) is 0 Å². The fraction of sp³-hybridized carbons (Fsp3) is 0.333. The van der Waals surface area contributed by atoms with E-state index in [1.807, 2.05) is 70.2 Å². The van der Waals surface area contributed by atoms with E-state index in [0.717, 1.165) is 5.56 Å². The Morgan fingerprint density at radius 1 is 1.00 bits per heavy atom. The van der Waals surface area contributed by atoms with Gasteiger partial charge in [0.2, 0.25) is 6.10 Å². The Kier molecular flexibility index (Phi) is 6.03. The lowest BCUT2D eigenvalue weighted by Gasteiger charge is -2.32. The number of rotatable bonds is 4. The van der Waals surface area contributed by atoms with E-state index in [4.69, 9.17) is 4.74 Å². The molecule has 0 aliphatic rings. The molecule has 1 N–H and O–H groups in total. The van der Waals surface area contributed by atoms with Crippen LogP contribution in [-0.4, -0.2) is 29.5 Å². The molecular formula is C21H26N2O3. The predicted octanol–water partition coefficient (Wildman–Crippen LogP) is 4.54. The molecule has 26 heavy (non-hydrogen) atoms. The minimum Gasteiger partial charge on any atom is -0.431 e. The van der Waals surface area contributed by atoms with Gasteiger partial charge in [0, 0.05) is 23.8 Å². The second-order valence-electron chi connectivity index (χ2n) is 7.21. The number of anilines is 1. The number of aryl methyl sites for hydroxylation is 1. The second-order valence-corrected chi connectivity index (χ2v) is 7.21. The van der Waals surface area contributed by atoms with Gasteiger partial charge in [0.25, 0.3) is 5.91 Å². The highest BCUT2D eigenvalue weighted by molar-refractivity contribution is 5.96. The van der Waals surface area contributed by atoms with E-state index in [9.17, 15) is 9.59 Å². The molecule has 2 aromatic rings. The van der Waals surface area contributed by atoms with Gasteiger partial charge in [-0.05, 0) is 39.3 Å². The van der Waals surface area contributed by atoms with Crippen molar-refractivity contribution in [3.63, 3.8) is 0 Å². The molecule has 0 bridgehead atoms. The summed E-state index contributed by atoms with van der Waals surface area (Å²) >= 11 is 0. The normalized spacial score (nSPS) is 12.2. The third kappa shape index (κ3) is 4.85. The summed E-state index contributed by atoms with van der Waals surface area (Å²) in [5.74, 6) is -0.388. The maximum atomic E-state index is 12.9. The summed E-state index contributed by atoms with van der Waals surface area (Å²) < 4.78 is 5.57. The summed E-state index contributed by atoms with van der Waals surface area (Å²) in [5.41, 5.74) is 1.84. The molecule has 0 aromatic heterocycles. The average molecular weight is 354 g/mol. The summed E-state index contributed by atoms with van der Waals surface area (Å²) in [7, 11) is 1.66. The fourth-order valence-electron chi connectivity index (χ4n) is 2.27. The van der Waals surface area contributed by atoms with Crippen LogP contribution in [-0.2, 0) is 9.53 Å². The van der Waals surface area contributed by atoms with Gasteiger partial charge in [0.15, 0.2) is 0 Å². The highest BCUT2D eigenvalue weighted by atomic mass is 16.6. The van der Waals surface area contributed by atoms with Gasteiger partial charge in [-0.25, -0.2) is 4.79 Å². The predicted molar refractivity (Wildman–Crippen MR) is 103 cm³/mol. The van der Waals surface area contributed by atoms with E-state index in [-0.39, 0.29) is 5.91 Å². The van der Waals surface area contributed by atoms with Crippen molar-refractivity contribution in [2.45, 2.75) is 39.3 Å². The lowest BCUT2D eigenvalue weighted by molar-refractivity contribution is -0.125. The van der Waals surface area contributed by atoms with Gasteiger partial charge < -0.3 is 15.0 Å². The van der Waals surface area contributed by atoms with Gasteiger partial charge >= 0.3 is 6.09 Å². The van der Waals surface area contributed by atoms with Gasteiger partial charge in [-0.3, -0.25) is 4.79 Å². The van der Waals surface area contributed by atoms with Crippen LogP contribution in [0.4, 0.5) is 10.5 Å². The Bertz CT molecular complexity index is 766. The number of benzene rings is 2. The third-order valence-corrected chi connectivity index (χ3v) is 4.24. The SMILES string of the molecule is Cc1ccccc1NC(=O)C(OC(=O)N(C)C(C)(C)C)c1ccccc1. The number of hydrogen-bond acceptors (Lipinski definition) is 3. The molecule has 0 aliphatic carbocycles. The van der Waals surface area contributed by atoms with Crippen LogP contribution >= 0.6 is 0 Å². The first kappa shape index (κ1) is 19.5. The molecule has 1 unspecified atom stereocenters. The Labute approximate surface area is 155 Å². The first-order valence-electron chi connectivity index (χ1n) is 8.56. The van der Waals surface area contributed by atoms with Crippen LogP contribution in [0.2, 0.25) is 0 Å². The maximum Gasteiger partial charge on any atom is 0.411 e. The van der Waals surface area contributed by atoms with Gasteiger partial charge in [-0.2, -0.15) is 0 Å². The summed E-state index contributed by atoms with van der Waals surface area (Å²) in [6.45, 7) is 7.62. The first-order valence-corrected chi connectivity index (χ1v) is 8.56. The fourth-order valence-corrected chi connectivity index (χ4v) is 2.27. The number of para-hydroxylation sites is 1. The summed E-state index contributed by atoms with van der Waals surface area (Å²) in [5, 5.41) is 2.86. The van der Waals surface area contributed by atoms with Gasteiger partial charge in [0.05, 0.1) is 0 Å². The number of amides is 2. The van der Waals surface area contributed by atoms with Crippen LogP contribution in [0.25, 0.3) is 0 Å². The van der Waals surface area contributed by atoms with E-state index in [2.05, 4.69) is 5.32 Å². The minimum atomic E-state index is -1.03. The molecule has 0 spiro atoms. The Morgan fingerprint density at radius 2 is 1.58 bits per heavy atom. The average Bonchev–Trinajstić information content (AvgIpc) is 2.60. The molecule has 5 nitrogen and oxygen atoms in total. The van der Waals surface area contributed by atoms with Crippen LogP contribution in [0.3, 0.4) is 0 Å². The Hall–Kier alpha value is -2.82. The zero-order chi connectivity index (χ0) is 19.3. The molecule has 0 heterocycles. The standard InChI is InChI=1S/C21H26N2O3/c1-15-11-9-10-14-17(15)22-19(24)18(16-12-7-6-8-13-16)26-20(25)23(5)21(2,3)4/h6-14,18H,1-5H3,(H,22,24). The van der Waals surface area contributed by atoms with Gasteiger partial charge in [-0.1, -0.05) is 48.5 Å². The monoisotopic (exact) mass is 354 g/mol. The number of nitrogens with zero attached hydrogens (tertiary/aromatic N) is 1. The van der Waals surface area contributed by atoms with E-state index in [1.54, 1.807) is 19.2 Å². The van der Waals surface area contributed by atoms with Crippen LogP contribution in [0.5, 0.6) is 0 Å². The topological polar surface area (TPSA) is 58.6 Å². The van der Waals surface area contributed by atoms with Crippen LogP contribution in [0, 0.1) is 6.92 Å². The zero-order valence-electron chi connectivity index (χ0n) is 15.9. The molecule has 0 saturated carbocycles. The zero-order valence-corrected chi connectivity index (χ0v) is 15.9. The molecule has 0 radical (unpaired) electrons. The van der Waals surface area contributed by atoms with Crippen molar-refractivity contribution in [1.82, 2.24) is 4.90 Å². The van der Waals surface area contributed by atoms with E-state index in [1.165, 1.54) is 4.90 Å². The minimum absolute atomic E-state index is 0.388. The van der Waals surface area contributed by atoms with Crippen LogP contribution in [0.1, 0.15) is 38.0 Å². The van der Waals surface area contributed by atoms with Crippen molar-refractivity contribution in [3.8, 4) is 0 Å². The number of ether oxygens (including phenoxy) is 1. The van der Waals surface area contributed by atoms with E-state index >= 15 is 0 Å². The number of carbonyl (C=O) groups is 2. The lowest BCUT2D eigenvalue weighted by Crippen LogP contribution is -2.44. The molecule has 5 heteroatoms. The van der Waals surface area contributed by atoms with Crippen LogP contribution < -0.4 is 5.32 Å². The van der Waals surface area contributed by atoms with Crippen molar-refractivity contribution >= 4 is 17.7 Å². The molecule has 138 valence electrons. The molecule has 0 fully saturated rings. The molecule has 2 aromatic carbocycles. The van der Waals surface area contributed by atoms with Crippen LogP contribution in [0.15, 0.2) is 54.6 Å². The lowest BCUT2D eigenvalue weighted by atomic mass is 10.1. The van der Waals surface area contributed by atoms with E-state index < -0.39 is 17.7 Å². The first-order chi connectivity index (χ1) is 12.2. The quantitative estimate of drug-likeness (QED) is 0.877. The number of nitrogens with one attached hydrogen (secondary N) is 1. The molecule has 0 saturated heterocycles. The molecule has 2 amide bonds. The highest BCUT2D eigenvalue weighted by Crippen LogP contribution is 2.23. The largest absolute Gasteiger partial charge is 0.431 e. The summed E-state index contributed by atoms with van der Waals surface area (Å²) in [4.78, 5) is 26.9. The molecule has 1 atom stereocenters. The van der Waals surface area contributed by atoms with Crippen molar-refractivity contribution in [2.24, 2.45) is 0 Å². The molecule has 2 rings (SSSR count). The summed E-state index contributed by atoms with van der Waals surface area (Å²) in [6.07, 6.45) is -1.58. The number of carbonyl (C=O) groups excluding carboxylic acids is 2. The smallest absolute Gasteiger partial charge is 0.411 e. The van der Waals surface area contributed by atoms with Crippen molar-refractivity contribution in [3.05, 3.63) is 65.7 Å².